The molecular weight excluding hydrogens is 314 g/mol. The van der Waals surface area contributed by atoms with Gasteiger partial charge in [0.1, 0.15) is 5.69 Å². The molecule has 1 saturated heterocycles. The predicted octanol–water partition coefficient (Wildman–Crippen LogP) is 3.15. The molecule has 0 unspecified atom stereocenters. The van der Waals surface area contributed by atoms with E-state index in [0.717, 1.165) is 56.0 Å². The van der Waals surface area contributed by atoms with Gasteiger partial charge in [-0.3, -0.25) is 9.55 Å². The topological polar surface area (TPSA) is 56.1 Å². The Morgan fingerprint density at radius 2 is 2.12 bits per heavy atom. The fraction of sp³-hybridized carbons (Fsp3) is 0.632. The Bertz CT molecular complexity index is 676. The standard InChI is InChI=1S/C19H27N5O/c1-2-23(13-15-9-10-15)19-22-21-18(17-8-3-5-11-20-17)24(19)14-16-7-4-6-12-25-16/h3,5,8,11,15-16H,2,4,6-7,9-10,12-14H2,1H3/t16-/m1/s1. The lowest BCUT2D eigenvalue weighted by Gasteiger charge is -2.27. The predicted molar refractivity (Wildman–Crippen MR) is 97.5 cm³/mol. The number of hydrogen-bond acceptors (Lipinski definition) is 5. The Morgan fingerprint density at radius 3 is 2.80 bits per heavy atom. The van der Waals surface area contributed by atoms with Gasteiger partial charge in [0, 0.05) is 25.9 Å². The molecule has 25 heavy (non-hydrogen) atoms. The van der Waals surface area contributed by atoms with Crippen molar-refractivity contribution in [2.24, 2.45) is 5.92 Å². The van der Waals surface area contributed by atoms with E-state index in [-0.39, 0.29) is 6.10 Å². The number of anilines is 1. The van der Waals surface area contributed by atoms with Crippen molar-refractivity contribution in [1.82, 2.24) is 19.7 Å². The number of ether oxygens (including phenoxy) is 1. The third-order valence-electron chi connectivity index (χ3n) is 5.13. The van der Waals surface area contributed by atoms with Crippen LogP contribution in [0.2, 0.25) is 0 Å². The molecule has 1 saturated carbocycles. The molecular formula is C19H27N5O. The van der Waals surface area contributed by atoms with Gasteiger partial charge in [0.2, 0.25) is 5.95 Å². The highest BCUT2D eigenvalue weighted by Gasteiger charge is 2.28. The van der Waals surface area contributed by atoms with Crippen LogP contribution in [-0.4, -0.2) is 45.5 Å². The van der Waals surface area contributed by atoms with Crippen LogP contribution in [0.5, 0.6) is 0 Å². The van der Waals surface area contributed by atoms with Crippen molar-refractivity contribution >= 4 is 5.95 Å². The van der Waals surface area contributed by atoms with Crippen molar-refractivity contribution in [2.45, 2.75) is 51.7 Å². The highest BCUT2D eigenvalue weighted by atomic mass is 16.5. The van der Waals surface area contributed by atoms with Crippen LogP contribution >= 0.6 is 0 Å². The molecule has 6 nitrogen and oxygen atoms in total. The van der Waals surface area contributed by atoms with Gasteiger partial charge >= 0.3 is 0 Å². The van der Waals surface area contributed by atoms with Crippen molar-refractivity contribution in [3.63, 3.8) is 0 Å². The van der Waals surface area contributed by atoms with E-state index >= 15 is 0 Å². The highest BCUT2D eigenvalue weighted by molar-refractivity contribution is 5.52. The van der Waals surface area contributed by atoms with E-state index in [2.05, 4.69) is 31.6 Å². The number of nitrogens with zero attached hydrogens (tertiary/aromatic N) is 5. The minimum absolute atomic E-state index is 0.241. The largest absolute Gasteiger partial charge is 0.376 e. The van der Waals surface area contributed by atoms with Crippen molar-refractivity contribution in [3.8, 4) is 11.5 Å². The zero-order valence-corrected chi connectivity index (χ0v) is 15.0. The van der Waals surface area contributed by atoms with Gasteiger partial charge in [-0.2, -0.15) is 0 Å². The lowest BCUT2D eigenvalue weighted by molar-refractivity contribution is 0.00637. The van der Waals surface area contributed by atoms with Gasteiger partial charge in [-0.25, -0.2) is 0 Å². The Kier molecular flexibility index (Phi) is 4.97. The van der Waals surface area contributed by atoms with Gasteiger partial charge in [0.05, 0.1) is 12.6 Å². The molecule has 2 aliphatic rings. The summed E-state index contributed by atoms with van der Waals surface area (Å²) in [5, 5.41) is 9.06. The molecule has 134 valence electrons. The molecule has 2 aromatic rings. The first-order chi connectivity index (χ1) is 12.3. The maximum absolute atomic E-state index is 5.99. The molecule has 0 aromatic carbocycles. The van der Waals surface area contributed by atoms with Crippen molar-refractivity contribution in [3.05, 3.63) is 24.4 Å². The Morgan fingerprint density at radius 1 is 1.20 bits per heavy atom. The molecule has 1 aliphatic carbocycles. The first kappa shape index (κ1) is 16.5. The van der Waals surface area contributed by atoms with E-state index in [1.807, 2.05) is 24.4 Å². The lowest BCUT2D eigenvalue weighted by Crippen LogP contribution is -2.31. The van der Waals surface area contributed by atoms with E-state index in [0.29, 0.717) is 0 Å². The molecule has 0 amide bonds. The molecule has 3 heterocycles. The second kappa shape index (κ2) is 7.52. The third-order valence-corrected chi connectivity index (χ3v) is 5.13. The fourth-order valence-corrected chi connectivity index (χ4v) is 3.50. The van der Waals surface area contributed by atoms with E-state index in [4.69, 9.17) is 4.74 Å². The van der Waals surface area contributed by atoms with E-state index in [1.54, 1.807) is 0 Å². The molecule has 2 fully saturated rings. The van der Waals surface area contributed by atoms with E-state index in [1.165, 1.54) is 25.7 Å². The number of aromatic nitrogens is 4. The van der Waals surface area contributed by atoms with Crippen LogP contribution in [0.1, 0.15) is 39.0 Å². The first-order valence-electron chi connectivity index (χ1n) is 9.56. The van der Waals surface area contributed by atoms with Crippen LogP contribution in [0.25, 0.3) is 11.5 Å². The second-order valence-electron chi connectivity index (χ2n) is 7.12. The summed E-state index contributed by atoms with van der Waals surface area (Å²) in [5.41, 5.74) is 0.875. The Labute approximate surface area is 149 Å². The zero-order chi connectivity index (χ0) is 17.1. The summed E-state index contributed by atoms with van der Waals surface area (Å²) in [6.45, 7) is 5.87. The van der Waals surface area contributed by atoms with Crippen LogP contribution in [0, 0.1) is 5.92 Å². The molecule has 0 bridgehead atoms. The number of rotatable bonds is 7. The molecule has 0 radical (unpaired) electrons. The normalized spacial score (nSPS) is 20.6. The summed E-state index contributed by atoms with van der Waals surface area (Å²) in [6, 6.07) is 5.93. The molecule has 0 N–H and O–H groups in total. The molecule has 2 aromatic heterocycles. The van der Waals surface area contributed by atoms with Crippen molar-refractivity contribution < 1.29 is 4.74 Å². The summed E-state index contributed by atoms with van der Waals surface area (Å²) in [4.78, 5) is 6.85. The molecule has 6 heteroatoms. The van der Waals surface area contributed by atoms with Crippen molar-refractivity contribution in [2.75, 3.05) is 24.6 Å². The average molecular weight is 341 g/mol. The minimum atomic E-state index is 0.241. The highest BCUT2D eigenvalue weighted by Crippen LogP contribution is 2.32. The summed E-state index contributed by atoms with van der Waals surface area (Å²) >= 11 is 0. The molecule has 1 atom stereocenters. The Balaban J connectivity index is 1.66. The lowest BCUT2D eigenvalue weighted by atomic mass is 10.1. The smallest absolute Gasteiger partial charge is 0.227 e. The van der Waals surface area contributed by atoms with Crippen LogP contribution in [0.4, 0.5) is 5.95 Å². The summed E-state index contributed by atoms with van der Waals surface area (Å²) < 4.78 is 8.22. The monoisotopic (exact) mass is 341 g/mol. The van der Waals surface area contributed by atoms with Gasteiger partial charge in [-0.1, -0.05) is 6.07 Å². The van der Waals surface area contributed by atoms with Gasteiger partial charge in [-0.15, -0.1) is 10.2 Å². The first-order valence-corrected chi connectivity index (χ1v) is 9.56. The third kappa shape index (κ3) is 3.84. The summed E-state index contributed by atoms with van der Waals surface area (Å²) in [5.74, 6) is 2.62. The summed E-state index contributed by atoms with van der Waals surface area (Å²) in [6.07, 6.45) is 8.24. The van der Waals surface area contributed by atoms with Crippen LogP contribution in [-0.2, 0) is 11.3 Å². The quantitative estimate of drug-likeness (QED) is 0.774. The maximum Gasteiger partial charge on any atom is 0.227 e. The number of hydrogen-bond donors (Lipinski definition) is 0. The number of pyridine rings is 1. The van der Waals surface area contributed by atoms with Crippen molar-refractivity contribution in [1.29, 1.82) is 0 Å². The van der Waals surface area contributed by atoms with Crippen LogP contribution in [0.3, 0.4) is 0 Å². The van der Waals surface area contributed by atoms with E-state index < -0.39 is 0 Å². The molecule has 0 spiro atoms. The maximum atomic E-state index is 5.99. The SMILES string of the molecule is CCN(CC1CC1)c1nnc(-c2ccccn2)n1C[C@H]1CCCCO1. The zero-order valence-electron chi connectivity index (χ0n) is 15.0. The van der Waals surface area contributed by atoms with Gasteiger partial charge < -0.3 is 9.64 Å². The average Bonchev–Trinajstić information content (AvgIpc) is 3.40. The minimum Gasteiger partial charge on any atom is -0.376 e. The van der Waals surface area contributed by atoms with Gasteiger partial charge in [-0.05, 0) is 57.1 Å². The van der Waals surface area contributed by atoms with Gasteiger partial charge in [0.25, 0.3) is 0 Å². The summed E-state index contributed by atoms with van der Waals surface area (Å²) in [7, 11) is 0. The van der Waals surface area contributed by atoms with Crippen LogP contribution in [0.15, 0.2) is 24.4 Å². The van der Waals surface area contributed by atoms with Gasteiger partial charge in [0.15, 0.2) is 5.82 Å². The second-order valence-corrected chi connectivity index (χ2v) is 7.12. The Hall–Kier alpha value is -1.95. The molecule has 1 aliphatic heterocycles. The fourth-order valence-electron chi connectivity index (χ4n) is 3.50. The van der Waals surface area contributed by atoms with Crippen LogP contribution < -0.4 is 4.90 Å². The molecule has 4 rings (SSSR count). The van der Waals surface area contributed by atoms with E-state index in [9.17, 15) is 0 Å².